The van der Waals surface area contributed by atoms with E-state index in [9.17, 15) is 19.7 Å². The van der Waals surface area contributed by atoms with Crippen LogP contribution in [-0.2, 0) is 11.2 Å². The second kappa shape index (κ2) is 7.78. The molecule has 3 aromatic rings. The number of benzene rings is 2. The molecule has 2 aromatic carbocycles. The first-order chi connectivity index (χ1) is 14.4. The van der Waals surface area contributed by atoms with Gasteiger partial charge < -0.3 is 10.6 Å². The number of nitro benzene ring substituents is 1. The van der Waals surface area contributed by atoms with Gasteiger partial charge in [0.05, 0.1) is 16.7 Å². The number of non-ortho nitro benzene ring substituents is 1. The number of aryl methyl sites for hydroxylation is 1. The molecule has 1 aliphatic rings. The Bertz CT molecular complexity index is 1150. The van der Waals surface area contributed by atoms with Gasteiger partial charge in [0.2, 0.25) is 5.91 Å². The van der Waals surface area contributed by atoms with Crippen molar-refractivity contribution in [3.8, 4) is 5.69 Å². The number of hydrogen-bond donors (Lipinski definition) is 2. The molecular formula is C21H19N5O4. The van der Waals surface area contributed by atoms with Gasteiger partial charge in [0, 0.05) is 30.4 Å². The molecule has 9 heteroatoms. The molecule has 0 spiro atoms. The topological polar surface area (TPSA) is 119 Å². The van der Waals surface area contributed by atoms with E-state index in [1.54, 1.807) is 24.4 Å². The minimum Gasteiger partial charge on any atom is -0.344 e. The van der Waals surface area contributed by atoms with E-state index in [1.165, 1.54) is 16.8 Å². The number of hydrogen-bond acceptors (Lipinski definition) is 5. The molecule has 0 bridgehead atoms. The highest BCUT2D eigenvalue weighted by Gasteiger charge is 2.19. The van der Waals surface area contributed by atoms with E-state index in [0.29, 0.717) is 18.5 Å². The van der Waals surface area contributed by atoms with E-state index >= 15 is 0 Å². The molecule has 0 fully saturated rings. The zero-order chi connectivity index (χ0) is 21.3. The van der Waals surface area contributed by atoms with Crippen LogP contribution in [0.4, 0.5) is 11.4 Å². The number of rotatable bonds is 5. The predicted octanol–water partition coefficient (Wildman–Crippen LogP) is 3.16. The molecule has 0 saturated carbocycles. The average Bonchev–Trinajstić information content (AvgIpc) is 3.24. The summed E-state index contributed by atoms with van der Waals surface area (Å²) in [6.45, 7) is 1.87. The molecule has 30 heavy (non-hydrogen) atoms. The minimum atomic E-state index is -0.480. The Morgan fingerprint density at radius 3 is 2.87 bits per heavy atom. The zero-order valence-electron chi connectivity index (χ0n) is 16.2. The molecule has 152 valence electrons. The van der Waals surface area contributed by atoms with Gasteiger partial charge in [-0.15, -0.1) is 0 Å². The number of nitro groups is 1. The molecule has 2 heterocycles. The van der Waals surface area contributed by atoms with E-state index < -0.39 is 4.92 Å². The fourth-order valence-electron chi connectivity index (χ4n) is 3.36. The minimum absolute atomic E-state index is 0.0101. The van der Waals surface area contributed by atoms with Crippen LogP contribution >= 0.6 is 0 Å². The number of carbonyl (C=O) groups excluding carboxylic acids is 2. The Labute approximate surface area is 171 Å². The first-order valence-corrected chi connectivity index (χ1v) is 9.45. The smallest absolute Gasteiger partial charge is 0.272 e. The molecule has 2 amide bonds. The summed E-state index contributed by atoms with van der Waals surface area (Å²) in [5.74, 6) is -0.339. The van der Waals surface area contributed by atoms with Gasteiger partial charge in [0.25, 0.3) is 11.6 Å². The lowest BCUT2D eigenvalue weighted by Crippen LogP contribution is -2.27. The lowest BCUT2D eigenvalue weighted by atomic mass is 9.98. The van der Waals surface area contributed by atoms with Gasteiger partial charge in [0.1, 0.15) is 0 Å². The maximum Gasteiger partial charge on any atom is 0.272 e. The van der Waals surface area contributed by atoms with Crippen molar-refractivity contribution in [3.63, 3.8) is 0 Å². The van der Waals surface area contributed by atoms with Crippen molar-refractivity contribution in [1.82, 2.24) is 15.1 Å². The van der Waals surface area contributed by atoms with Crippen molar-refractivity contribution >= 4 is 23.2 Å². The molecule has 2 N–H and O–H groups in total. The Morgan fingerprint density at radius 1 is 1.23 bits per heavy atom. The van der Waals surface area contributed by atoms with Gasteiger partial charge in [-0.1, -0.05) is 18.2 Å². The average molecular weight is 405 g/mol. The van der Waals surface area contributed by atoms with Gasteiger partial charge in [-0.2, -0.15) is 5.10 Å². The lowest BCUT2D eigenvalue weighted by Gasteiger charge is -2.20. The standard InChI is InChI=1S/C21H19N5O4/c1-13(14-5-7-18-15(11-14)6-8-20(27)23-18)22-21(28)19-9-10-25(24-19)16-3-2-4-17(12-16)26(29)30/h2-5,7,9-13H,6,8H2,1H3,(H,22,28)(H,23,27). The van der Waals surface area contributed by atoms with Crippen LogP contribution in [0.3, 0.4) is 0 Å². The van der Waals surface area contributed by atoms with E-state index in [-0.39, 0.29) is 29.2 Å². The second-order valence-corrected chi connectivity index (χ2v) is 7.08. The molecule has 0 radical (unpaired) electrons. The van der Waals surface area contributed by atoms with Crippen LogP contribution in [0.25, 0.3) is 5.69 Å². The molecule has 4 rings (SSSR count). The summed E-state index contributed by atoms with van der Waals surface area (Å²) in [6, 6.07) is 13.0. The van der Waals surface area contributed by atoms with Crippen molar-refractivity contribution in [2.24, 2.45) is 0 Å². The summed E-state index contributed by atoms with van der Waals surface area (Å²) < 4.78 is 1.42. The van der Waals surface area contributed by atoms with Gasteiger partial charge in [-0.3, -0.25) is 19.7 Å². The SMILES string of the molecule is CC(NC(=O)c1ccn(-c2cccc([N+](=O)[O-])c2)n1)c1ccc2c(c1)CCC(=O)N2. The van der Waals surface area contributed by atoms with E-state index in [1.807, 2.05) is 25.1 Å². The highest BCUT2D eigenvalue weighted by atomic mass is 16.6. The van der Waals surface area contributed by atoms with Crippen LogP contribution in [0, 0.1) is 10.1 Å². The summed E-state index contributed by atoms with van der Waals surface area (Å²) in [5.41, 5.74) is 3.43. The molecule has 1 atom stereocenters. The molecular weight excluding hydrogens is 386 g/mol. The Hall–Kier alpha value is -4.01. The van der Waals surface area contributed by atoms with Crippen molar-refractivity contribution in [3.05, 3.63) is 81.7 Å². The third kappa shape index (κ3) is 3.90. The molecule has 0 saturated heterocycles. The van der Waals surface area contributed by atoms with Gasteiger partial charge in [0.15, 0.2) is 5.69 Å². The number of fused-ring (bicyclic) bond motifs is 1. The van der Waals surface area contributed by atoms with Gasteiger partial charge in [-0.25, -0.2) is 4.68 Å². The van der Waals surface area contributed by atoms with Crippen LogP contribution in [0.2, 0.25) is 0 Å². The third-order valence-electron chi connectivity index (χ3n) is 5.00. The van der Waals surface area contributed by atoms with Crippen molar-refractivity contribution < 1.29 is 14.5 Å². The first-order valence-electron chi connectivity index (χ1n) is 9.45. The van der Waals surface area contributed by atoms with Crippen LogP contribution in [-0.4, -0.2) is 26.5 Å². The second-order valence-electron chi connectivity index (χ2n) is 7.08. The van der Waals surface area contributed by atoms with Crippen LogP contribution in [0.15, 0.2) is 54.7 Å². The lowest BCUT2D eigenvalue weighted by molar-refractivity contribution is -0.384. The summed E-state index contributed by atoms with van der Waals surface area (Å²) >= 11 is 0. The monoisotopic (exact) mass is 405 g/mol. The third-order valence-corrected chi connectivity index (χ3v) is 5.00. The van der Waals surface area contributed by atoms with E-state index in [2.05, 4.69) is 15.7 Å². The van der Waals surface area contributed by atoms with Gasteiger partial charge in [-0.05, 0) is 42.7 Å². The number of nitrogens with one attached hydrogen (secondary N) is 2. The van der Waals surface area contributed by atoms with E-state index in [0.717, 1.165) is 16.8 Å². The van der Waals surface area contributed by atoms with Crippen molar-refractivity contribution in [1.29, 1.82) is 0 Å². The Kier molecular flexibility index (Phi) is 5.01. The predicted molar refractivity (Wildman–Crippen MR) is 109 cm³/mol. The quantitative estimate of drug-likeness (QED) is 0.499. The van der Waals surface area contributed by atoms with Crippen LogP contribution in [0.1, 0.15) is 41.0 Å². The number of aromatic nitrogens is 2. The Morgan fingerprint density at radius 2 is 2.07 bits per heavy atom. The molecule has 0 aliphatic carbocycles. The largest absolute Gasteiger partial charge is 0.344 e. The number of carbonyl (C=O) groups is 2. The highest BCUT2D eigenvalue weighted by Crippen LogP contribution is 2.26. The normalized spacial score (nSPS) is 13.8. The summed E-state index contributed by atoms with van der Waals surface area (Å²) in [5, 5.41) is 20.9. The molecule has 1 aliphatic heterocycles. The maximum absolute atomic E-state index is 12.6. The summed E-state index contributed by atoms with van der Waals surface area (Å²) in [4.78, 5) is 34.6. The Balaban J connectivity index is 1.48. The van der Waals surface area contributed by atoms with Crippen LogP contribution < -0.4 is 10.6 Å². The van der Waals surface area contributed by atoms with Crippen molar-refractivity contribution in [2.45, 2.75) is 25.8 Å². The van der Waals surface area contributed by atoms with E-state index in [4.69, 9.17) is 0 Å². The number of nitrogens with zero attached hydrogens (tertiary/aromatic N) is 3. The molecule has 1 aromatic heterocycles. The number of amides is 2. The fraction of sp³-hybridized carbons (Fsp3) is 0.190. The van der Waals surface area contributed by atoms with Gasteiger partial charge >= 0.3 is 0 Å². The molecule has 9 nitrogen and oxygen atoms in total. The summed E-state index contributed by atoms with van der Waals surface area (Å²) in [6.07, 6.45) is 2.70. The zero-order valence-corrected chi connectivity index (χ0v) is 16.2. The van der Waals surface area contributed by atoms with Crippen molar-refractivity contribution in [2.75, 3.05) is 5.32 Å². The fourth-order valence-corrected chi connectivity index (χ4v) is 3.36. The number of anilines is 1. The maximum atomic E-state index is 12.6. The first kappa shape index (κ1) is 19.3. The van der Waals surface area contributed by atoms with Crippen LogP contribution in [0.5, 0.6) is 0 Å². The summed E-state index contributed by atoms with van der Waals surface area (Å²) in [7, 11) is 0. The highest BCUT2D eigenvalue weighted by molar-refractivity contribution is 5.94. The molecule has 1 unspecified atom stereocenters.